The van der Waals surface area contributed by atoms with Gasteiger partial charge in [-0.25, -0.2) is 4.79 Å². The standard InChI is InChI=1S/C17H12N2O4/c20-13-6-4-10-5-7-15(21)16(14(10)9-13)19-18-12-3-1-2-11(8-12)17(22)23/h1-9,20-21H,(H,22,23). The van der Waals surface area contributed by atoms with E-state index in [1.165, 1.54) is 30.3 Å². The number of azo groups is 1. The number of fused-ring (bicyclic) bond motifs is 1. The Hall–Kier alpha value is -3.41. The molecule has 0 saturated heterocycles. The molecule has 3 N–H and O–H groups in total. The molecule has 6 heteroatoms. The maximum Gasteiger partial charge on any atom is 0.335 e. The third-order valence-electron chi connectivity index (χ3n) is 3.31. The minimum Gasteiger partial charge on any atom is -0.508 e. The van der Waals surface area contributed by atoms with Crippen LogP contribution in [0.25, 0.3) is 10.8 Å². The molecule has 0 unspecified atom stereocenters. The van der Waals surface area contributed by atoms with Gasteiger partial charge in [-0.2, -0.15) is 5.11 Å². The molecule has 0 fully saturated rings. The molecule has 3 rings (SSSR count). The fourth-order valence-corrected chi connectivity index (χ4v) is 2.19. The minimum atomic E-state index is -1.06. The second-order valence-corrected chi connectivity index (χ2v) is 4.89. The average molecular weight is 308 g/mol. The van der Waals surface area contributed by atoms with Gasteiger partial charge in [-0.1, -0.05) is 18.2 Å². The second kappa shape index (κ2) is 5.76. The monoisotopic (exact) mass is 308 g/mol. The van der Waals surface area contributed by atoms with Crippen LogP contribution in [0.5, 0.6) is 11.5 Å². The zero-order chi connectivity index (χ0) is 16.4. The van der Waals surface area contributed by atoms with Gasteiger partial charge >= 0.3 is 5.97 Å². The van der Waals surface area contributed by atoms with Crippen LogP contribution in [-0.4, -0.2) is 21.3 Å². The van der Waals surface area contributed by atoms with Gasteiger partial charge in [0.2, 0.25) is 0 Å². The fraction of sp³-hybridized carbons (Fsp3) is 0. The summed E-state index contributed by atoms with van der Waals surface area (Å²) in [6, 6.07) is 13.9. The SMILES string of the molecule is O=C(O)c1cccc(N=Nc2c(O)ccc3ccc(O)cc23)c1. The molecule has 0 amide bonds. The molecule has 0 aromatic heterocycles. The Kier molecular flexibility index (Phi) is 3.64. The highest BCUT2D eigenvalue weighted by Crippen LogP contribution is 2.37. The number of aromatic carboxylic acids is 1. The average Bonchev–Trinajstić information content (AvgIpc) is 2.54. The normalized spacial score (nSPS) is 11.1. The van der Waals surface area contributed by atoms with Crippen LogP contribution < -0.4 is 0 Å². The molecule has 0 saturated carbocycles. The maximum absolute atomic E-state index is 11.0. The van der Waals surface area contributed by atoms with Gasteiger partial charge in [0, 0.05) is 5.39 Å². The maximum atomic E-state index is 11.0. The third kappa shape index (κ3) is 2.96. The summed E-state index contributed by atoms with van der Waals surface area (Å²) in [6.07, 6.45) is 0. The first-order chi connectivity index (χ1) is 11.0. The van der Waals surface area contributed by atoms with Crippen molar-refractivity contribution in [1.82, 2.24) is 0 Å². The summed E-state index contributed by atoms with van der Waals surface area (Å²) in [5, 5.41) is 37.9. The Morgan fingerprint density at radius 1 is 0.913 bits per heavy atom. The molecule has 0 atom stereocenters. The number of carboxylic acid groups (broad SMARTS) is 1. The quantitative estimate of drug-likeness (QED) is 0.625. The zero-order valence-electron chi connectivity index (χ0n) is 11.8. The van der Waals surface area contributed by atoms with Crippen molar-refractivity contribution in [1.29, 1.82) is 0 Å². The van der Waals surface area contributed by atoms with Gasteiger partial charge in [0.1, 0.15) is 17.2 Å². The lowest BCUT2D eigenvalue weighted by Gasteiger charge is -2.04. The fourth-order valence-electron chi connectivity index (χ4n) is 2.19. The van der Waals surface area contributed by atoms with Crippen LogP contribution in [-0.2, 0) is 0 Å². The lowest BCUT2D eigenvalue weighted by molar-refractivity contribution is 0.0697. The van der Waals surface area contributed by atoms with Crippen molar-refractivity contribution in [2.45, 2.75) is 0 Å². The van der Waals surface area contributed by atoms with Gasteiger partial charge in [0.15, 0.2) is 0 Å². The summed E-state index contributed by atoms with van der Waals surface area (Å²) < 4.78 is 0. The molecule has 3 aromatic rings. The van der Waals surface area contributed by atoms with Gasteiger partial charge in [-0.15, -0.1) is 5.11 Å². The van der Waals surface area contributed by atoms with E-state index < -0.39 is 5.97 Å². The van der Waals surface area contributed by atoms with E-state index in [-0.39, 0.29) is 22.7 Å². The predicted molar refractivity (Wildman–Crippen MR) is 84.9 cm³/mol. The molecule has 0 heterocycles. The Bertz CT molecular complexity index is 930. The van der Waals surface area contributed by atoms with Crippen molar-refractivity contribution in [2.24, 2.45) is 10.2 Å². The number of phenols is 2. The highest BCUT2D eigenvalue weighted by atomic mass is 16.4. The summed E-state index contributed by atoms with van der Waals surface area (Å²) in [5.74, 6) is -1.09. The molecule has 0 radical (unpaired) electrons. The van der Waals surface area contributed by atoms with Crippen molar-refractivity contribution < 1.29 is 20.1 Å². The Labute approximate surface area is 131 Å². The first-order valence-electron chi connectivity index (χ1n) is 6.74. The number of hydrogen-bond acceptors (Lipinski definition) is 5. The molecule has 23 heavy (non-hydrogen) atoms. The van der Waals surface area contributed by atoms with Crippen LogP contribution in [0.4, 0.5) is 11.4 Å². The number of benzene rings is 3. The van der Waals surface area contributed by atoms with Crippen LogP contribution in [0.2, 0.25) is 0 Å². The Morgan fingerprint density at radius 2 is 1.70 bits per heavy atom. The summed E-state index contributed by atoms with van der Waals surface area (Å²) in [5.41, 5.74) is 0.654. The summed E-state index contributed by atoms with van der Waals surface area (Å²) in [7, 11) is 0. The number of phenolic OH excluding ortho intramolecular Hbond substituents is 2. The topological polar surface area (TPSA) is 102 Å². The molecular weight excluding hydrogens is 296 g/mol. The van der Waals surface area contributed by atoms with E-state index in [1.807, 2.05) is 0 Å². The van der Waals surface area contributed by atoms with Crippen LogP contribution in [0.3, 0.4) is 0 Å². The summed E-state index contributed by atoms with van der Waals surface area (Å²) >= 11 is 0. The van der Waals surface area contributed by atoms with Gasteiger partial charge in [-0.3, -0.25) is 0 Å². The lowest BCUT2D eigenvalue weighted by Crippen LogP contribution is -1.94. The van der Waals surface area contributed by atoms with Crippen molar-refractivity contribution in [2.75, 3.05) is 0 Å². The van der Waals surface area contributed by atoms with E-state index in [0.29, 0.717) is 11.1 Å². The van der Waals surface area contributed by atoms with Gasteiger partial charge in [-0.05, 0) is 41.8 Å². The molecule has 0 aliphatic carbocycles. The van der Waals surface area contributed by atoms with E-state index in [1.54, 1.807) is 24.3 Å². The molecular formula is C17H12N2O4. The third-order valence-corrected chi connectivity index (χ3v) is 3.31. The molecule has 0 spiro atoms. The van der Waals surface area contributed by atoms with E-state index >= 15 is 0 Å². The zero-order valence-corrected chi connectivity index (χ0v) is 11.8. The van der Waals surface area contributed by atoms with Gasteiger partial charge < -0.3 is 15.3 Å². The van der Waals surface area contributed by atoms with Crippen LogP contribution in [0, 0.1) is 0 Å². The molecule has 0 aliphatic heterocycles. The molecule has 3 aromatic carbocycles. The number of nitrogens with zero attached hydrogens (tertiary/aromatic N) is 2. The number of carboxylic acids is 1. The summed E-state index contributed by atoms with van der Waals surface area (Å²) in [6.45, 7) is 0. The number of rotatable bonds is 3. The van der Waals surface area contributed by atoms with Gasteiger partial charge in [0.25, 0.3) is 0 Å². The molecule has 0 aliphatic rings. The smallest absolute Gasteiger partial charge is 0.335 e. The Balaban J connectivity index is 2.07. The molecule has 114 valence electrons. The first-order valence-corrected chi connectivity index (χ1v) is 6.74. The van der Waals surface area contributed by atoms with Crippen molar-refractivity contribution >= 4 is 28.1 Å². The van der Waals surface area contributed by atoms with E-state index in [4.69, 9.17) is 5.11 Å². The van der Waals surface area contributed by atoms with Crippen LogP contribution >= 0.6 is 0 Å². The molecule has 6 nitrogen and oxygen atoms in total. The highest BCUT2D eigenvalue weighted by Gasteiger charge is 2.08. The van der Waals surface area contributed by atoms with E-state index in [9.17, 15) is 15.0 Å². The highest BCUT2D eigenvalue weighted by molar-refractivity contribution is 5.96. The van der Waals surface area contributed by atoms with Crippen molar-refractivity contribution in [3.8, 4) is 11.5 Å². The first kappa shape index (κ1) is 14.5. The Morgan fingerprint density at radius 3 is 2.48 bits per heavy atom. The second-order valence-electron chi connectivity index (χ2n) is 4.89. The largest absolute Gasteiger partial charge is 0.508 e. The van der Waals surface area contributed by atoms with Crippen LogP contribution in [0.15, 0.2) is 64.8 Å². The van der Waals surface area contributed by atoms with Crippen LogP contribution in [0.1, 0.15) is 10.4 Å². The molecule has 0 bridgehead atoms. The predicted octanol–water partition coefficient (Wildman–Crippen LogP) is 4.36. The van der Waals surface area contributed by atoms with Crippen molar-refractivity contribution in [3.05, 3.63) is 60.2 Å². The minimum absolute atomic E-state index is 0.0485. The number of hydrogen-bond donors (Lipinski definition) is 3. The lowest BCUT2D eigenvalue weighted by atomic mass is 10.1. The summed E-state index contributed by atoms with van der Waals surface area (Å²) in [4.78, 5) is 11.0. The van der Waals surface area contributed by atoms with Crippen molar-refractivity contribution in [3.63, 3.8) is 0 Å². The van der Waals surface area contributed by atoms with Gasteiger partial charge in [0.05, 0.1) is 11.3 Å². The number of aromatic hydroxyl groups is 2. The van der Waals surface area contributed by atoms with E-state index in [0.717, 1.165) is 5.39 Å². The van der Waals surface area contributed by atoms with E-state index in [2.05, 4.69) is 10.2 Å². The number of carbonyl (C=O) groups is 1.